The van der Waals surface area contributed by atoms with E-state index in [1.54, 1.807) is 11.6 Å². The minimum atomic E-state index is -0.181. The van der Waals surface area contributed by atoms with E-state index >= 15 is 0 Å². The Morgan fingerprint density at radius 1 is 0.781 bits per heavy atom. The number of hydrogen-bond donors (Lipinski definition) is 0. The highest BCUT2D eigenvalue weighted by atomic mass is 16.5. The van der Waals surface area contributed by atoms with Gasteiger partial charge in [0, 0.05) is 18.5 Å². The van der Waals surface area contributed by atoms with Crippen molar-refractivity contribution in [3.8, 4) is 17.2 Å². The molecule has 0 atom stereocenters. The van der Waals surface area contributed by atoms with Gasteiger partial charge in [0.1, 0.15) is 12.4 Å². The van der Waals surface area contributed by atoms with Crippen molar-refractivity contribution in [3.05, 3.63) is 64.4 Å². The van der Waals surface area contributed by atoms with Gasteiger partial charge in [-0.1, -0.05) is 69.9 Å². The molecule has 0 spiro atoms. The van der Waals surface area contributed by atoms with Gasteiger partial charge in [-0.05, 0) is 30.5 Å². The van der Waals surface area contributed by atoms with E-state index in [4.69, 9.17) is 14.2 Å². The third-order valence-corrected chi connectivity index (χ3v) is 5.52. The third kappa shape index (κ3) is 6.06. The zero-order chi connectivity index (χ0) is 22.8. The largest absolute Gasteiger partial charge is 0.489 e. The van der Waals surface area contributed by atoms with Crippen molar-refractivity contribution < 1.29 is 14.2 Å². The summed E-state index contributed by atoms with van der Waals surface area (Å²) in [5, 5.41) is 0.860. The molecule has 172 valence electrons. The van der Waals surface area contributed by atoms with E-state index in [-0.39, 0.29) is 5.56 Å². The molecule has 1 aromatic heterocycles. The zero-order valence-electron chi connectivity index (χ0n) is 19.6. The number of hydrogen-bond acceptors (Lipinski definition) is 4. The molecule has 5 heteroatoms. The van der Waals surface area contributed by atoms with Crippen LogP contribution in [-0.2, 0) is 13.7 Å². The Kier molecular flexibility index (Phi) is 9.02. The number of benzene rings is 2. The fourth-order valence-corrected chi connectivity index (χ4v) is 3.59. The van der Waals surface area contributed by atoms with Crippen molar-refractivity contribution in [2.24, 2.45) is 7.05 Å². The molecule has 3 rings (SSSR count). The zero-order valence-corrected chi connectivity index (χ0v) is 19.6. The van der Waals surface area contributed by atoms with E-state index in [0.29, 0.717) is 37.1 Å². The van der Waals surface area contributed by atoms with Crippen molar-refractivity contribution in [1.29, 1.82) is 0 Å². The van der Waals surface area contributed by atoms with Gasteiger partial charge >= 0.3 is 0 Å². The summed E-state index contributed by atoms with van der Waals surface area (Å²) in [6, 6.07) is 15.8. The Morgan fingerprint density at radius 3 is 2.25 bits per heavy atom. The maximum Gasteiger partial charge on any atom is 0.297 e. The molecule has 32 heavy (non-hydrogen) atoms. The Balaban J connectivity index is 1.89. The number of fused-ring (bicyclic) bond motifs is 1. The summed E-state index contributed by atoms with van der Waals surface area (Å²) >= 11 is 0. The van der Waals surface area contributed by atoms with Crippen LogP contribution in [0.4, 0.5) is 0 Å². The average molecular weight is 438 g/mol. The minimum Gasteiger partial charge on any atom is -0.489 e. The van der Waals surface area contributed by atoms with Gasteiger partial charge in [0.15, 0.2) is 5.75 Å². The van der Waals surface area contributed by atoms with E-state index in [1.165, 1.54) is 6.42 Å². The Morgan fingerprint density at radius 2 is 1.50 bits per heavy atom. The molecule has 0 saturated carbocycles. The molecule has 2 aromatic carbocycles. The topological polar surface area (TPSA) is 49.7 Å². The highest BCUT2D eigenvalue weighted by Gasteiger charge is 2.19. The van der Waals surface area contributed by atoms with Gasteiger partial charge in [0.05, 0.1) is 18.7 Å². The lowest BCUT2D eigenvalue weighted by Crippen LogP contribution is -2.21. The van der Waals surface area contributed by atoms with Crippen molar-refractivity contribution in [1.82, 2.24) is 4.57 Å². The summed E-state index contributed by atoms with van der Waals surface area (Å²) in [5.41, 5.74) is 1.68. The molecule has 0 fully saturated rings. The van der Waals surface area contributed by atoms with Crippen LogP contribution in [0.1, 0.15) is 57.9 Å². The lowest BCUT2D eigenvalue weighted by Gasteiger charge is -2.18. The van der Waals surface area contributed by atoms with Crippen molar-refractivity contribution >= 4 is 10.9 Å². The number of unbranched alkanes of at least 4 members (excludes halogenated alkanes) is 4. The average Bonchev–Trinajstić information content (AvgIpc) is 2.82. The molecule has 0 amide bonds. The van der Waals surface area contributed by atoms with Gasteiger partial charge < -0.3 is 18.8 Å². The highest BCUT2D eigenvalue weighted by molar-refractivity contribution is 5.89. The number of pyridine rings is 1. The minimum absolute atomic E-state index is 0.181. The quantitative estimate of drug-likeness (QED) is 0.296. The van der Waals surface area contributed by atoms with Crippen LogP contribution in [0.5, 0.6) is 17.2 Å². The molecule has 3 aromatic rings. The van der Waals surface area contributed by atoms with E-state index in [9.17, 15) is 4.79 Å². The molecule has 0 aliphatic rings. The molecule has 0 aliphatic heterocycles. The first-order valence-corrected chi connectivity index (χ1v) is 11.7. The molecule has 0 saturated heterocycles. The number of nitrogens with zero attached hydrogens (tertiary/aromatic N) is 1. The van der Waals surface area contributed by atoms with E-state index < -0.39 is 0 Å². The van der Waals surface area contributed by atoms with Crippen LogP contribution in [0.3, 0.4) is 0 Å². The van der Waals surface area contributed by atoms with Crippen LogP contribution in [0.15, 0.2) is 53.3 Å². The predicted octanol–water partition coefficient (Wildman–Crippen LogP) is 6.26. The van der Waals surface area contributed by atoms with Gasteiger partial charge in [-0.25, -0.2) is 0 Å². The van der Waals surface area contributed by atoms with Crippen LogP contribution in [0.2, 0.25) is 0 Å². The van der Waals surface area contributed by atoms with Gasteiger partial charge in [0.25, 0.3) is 5.56 Å². The molecule has 0 unspecified atom stereocenters. The first kappa shape index (κ1) is 23.7. The Hall–Kier alpha value is -2.95. The Bertz CT molecular complexity index is 1040. The van der Waals surface area contributed by atoms with Gasteiger partial charge in [0.2, 0.25) is 5.75 Å². The maximum atomic E-state index is 13.2. The van der Waals surface area contributed by atoms with Crippen LogP contribution < -0.4 is 19.8 Å². The predicted molar refractivity (Wildman–Crippen MR) is 130 cm³/mol. The summed E-state index contributed by atoms with van der Waals surface area (Å²) in [6.45, 7) is 5.84. The van der Waals surface area contributed by atoms with Gasteiger partial charge in [-0.15, -0.1) is 0 Å². The first-order valence-electron chi connectivity index (χ1n) is 11.7. The number of aromatic nitrogens is 1. The molecular formula is C27H35NO4. The summed E-state index contributed by atoms with van der Waals surface area (Å²) in [6.07, 6.45) is 6.30. The van der Waals surface area contributed by atoms with Gasteiger partial charge in [-0.2, -0.15) is 0 Å². The van der Waals surface area contributed by atoms with Crippen molar-refractivity contribution in [2.75, 3.05) is 13.2 Å². The van der Waals surface area contributed by atoms with E-state index in [2.05, 4.69) is 13.8 Å². The second-order valence-electron chi connectivity index (χ2n) is 8.09. The number of aryl methyl sites for hydroxylation is 1. The van der Waals surface area contributed by atoms with Crippen molar-refractivity contribution in [2.45, 2.75) is 59.0 Å². The maximum absolute atomic E-state index is 13.2. The molecule has 1 heterocycles. The Labute approximate surface area is 190 Å². The highest BCUT2D eigenvalue weighted by Crippen LogP contribution is 2.35. The first-order chi connectivity index (χ1) is 15.7. The summed E-state index contributed by atoms with van der Waals surface area (Å²) in [4.78, 5) is 13.2. The monoisotopic (exact) mass is 437 g/mol. The van der Waals surface area contributed by atoms with Crippen LogP contribution in [0, 0.1) is 0 Å². The van der Waals surface area contributed by atoms with E-state index in [1.807, 2.05) is 48.5 Å². The number of ether oxygens (including phenoxy) is 3. The second-order valence-corrected chi connectivity index (χ2v) is 8.09. The summed E-state index contributed by atoms with van der Waals surface area (Å²) in [7, 11) is 1.77. The van der Waals surface area contributed by atoms with Crippen LogP contribution in [-0.4, -0.2) is 17.8 Å². The SMILES string of the molecule is CCCCCCOc1c(OCCCC)c2ccc(OCc3ccccc3)cc2n(C)c1=O. The molecule has 0 radical (unpaired) electrons. The van der Waals surface area contributed by atoms with Gasteiger partial charge in [-0.3, -0.25) is 4.79 Å². The normalized spacial score (nSPS) is 11.0. The number of rotatable bonds is 13. The molecule has 5 nitrogen and oxygen atoms in total. The summed E-state index contributed by atoms with van der Waals surface area (Å²) in [5.74, 6) is 1.57. The lowest BCUT2D eigenvalue weighted by atomic mass is 10.1. The standard InChI is InChI=1S/C27H35NO4/c1-4-6-8-12-18-31-26-25(30-17-7-5-2)23-16-15-22(19-24(23)28(3)27(26)29)32-20-21-13-10-9-11-14-21/h9-11,13-16,19H,4-8,12,17-18,20H2,1-3H3. The fourth-order valence-electron chi connectivity index (χ4n) is 3.59. The van der Waals surface area contributed by atoms with Crippen LogP contribution >= 0.6 is 0 Å². The summed E-state index contributed by atoms with van der Waals surface area (Å²) < 4.78 is 19.7. The molecular weight excluding hydrogens is 402 g/mol. The molecule has 0 aliphatic carbocycles. The van der Waals surface area contributed by atoms with E-state index in [0.717, 1.165) is 48.6 Å². The second kappa shape index (κ2) is 12.2. The lowest BCUT2D eigenvalue weighted by molar-refractivity contribution is 0.258. The molecule has 0 bridgehead atoms. The fraction of sp³-hybridized carbons (Fsp3) is 0.444. The molecule has 0 N–H and O–H groups in total. The smallest absolute Gasteiger partial charge is 0.297 e. The third-order valence-electron chi connectivity index (χ3n) is 5.52. The van der Waals surface area contributed by atoms with Crippen LogP contribution in [0.25, 0.3) is 10.9 Å². The van der Waals surface area contributed by atoms with Crippen molar-refractivity contribution in [3.63, 3.8) is 0 Å².